The van der Waals surface area contributed by atoms with Crippen molar-refractivity contribution in [3.63, 3.8) is 0 Å². The lowest BCUT2D eigenvalue weighted by molar-refractivity contribution is -0.687. The summed E-state index contributed by atoms with van der Waals surface area (Å²) in [5, 5.41) is 10.3. The van der Waals surface area contributed by atoms with Gasteiger partial charge in [-0.2, -0.15) is 31.6 Å². The molecule has 128 valence electrons. The third-order valence-corrected chi connectivity index (χ3v) is 2.41. The minimum absolute atomic E-state index is 0.118. The largest absolute Gasteiger partial charge is 0.526 e. The summed E-state index contributed by atoms with van der Waals surface area (Å²) in [6, 6.07) is 0.118. The Morgan fingerprint density at radius 1 is 1.14 bits per heavy atom. The Hall–Kier alpha value is -1.63. The number of nitro groups is 1. The minimum Gasteiger partial charge on any atom is -0.237 e. The molecule has 16 heteroatoms. The number of hydrogen-bond donors (Lipinski definition) is 0. The lowest BCUT2D eigenvalue weighted by Crippen LogP contribution is -2.56. The van der Waals surface area contributed by atoms with Crippen LogP contribution in [0.5, 0.6) is 0 Å². The Bertz CT molecular complexity index is 437. The fraction of sp³-hybridized carbons (Fsp3) is 0.833. The van der Waals surface area contributed by atoms with E-state index in [9.17, 15) is 49.6 Å². The lowest BCUT2D eigenvalue weighted by Gasteiger charge is -2.32. The molecule has 0 fully saturated rings. The molecule has 0 N–H and O–H groups in total. The predicted octanol–water partition coefficient (Wildman–Crippen LogP) is 3.01. The number of halogens is 9. The Morgan fingerprint density at radius 3 is 1.82 bits per heavy atom. The number of thioether (sulfide) groups is 1. The van der Waals surface area contributed by atoms with Crippen LogP contribution in [-0.2, 0) is 4.74 Å². The van der Waals surface area contributed by atoms with Gasteiger partial charge in [-0.3, -0.25) is 0 Å². The van der Waals surface area contributed by atoms with Crippen molar-refractivity contribution in [3.05, 3.63) is 10.1 Å². The van der Waals surface area contributed by atoms with E-state index in [2.05, 4.69) is 4.74 Å². The van der Waals surface area contributed by atoms with Crippen LogP contribution in [0.15, 0.2) is 0 Å². The SMILES string of the molecule is N#CC(OC(F)(F)F)(SC(F)(F)F)N(CC(F)(F)F)[N+](=O)[O-]. The fourth-order valence-corrected chi connectivity index (χ4v) is 1.71. The lowest BCUT2D eigenvalue weighted by atomic mass is 10.5. The Labute approximate surface area is 118 Å². The third-order valence-electron chi connectivity index (χ3n) is 1.52. The summed E-state index contributed by atoms with van der Waals surface area (Å²) < 4.78 is 112. The van der Waals surface area contributed by atoms with Gasteiger partial charge in [-0.1, -0.05) is 5.01 Å². The molecule has 0 aromatic rings. The van der Waals surface area contributed by atoms with E-state index in [0.29, 0.717) is 0 Å². The molecule has 0 aliphatic carbocycles. The molecule has 1 atom stereocenters. The van der Waals surface area contributed by atoms with Crippen molar-refractivity contribution < 1.29 is 49.3 Å². The zero-order valence-corrected chi connectivity index (χ0v) is 10.4. The van der Waals surface area contributed by atoms with Crippen LogP contribution in [0.25, 0.3) is 0 Å². The summed E-state index contributed by atoms with van der Waals surface area (Å²) in [5.41, 5.74) is -5.75. The van der Waals surface area contributed by atoms with E-state index >= 15 is 0 Å². The van der Waals surface area contributed by atoms with E-state index in [0.717, 1.165) is 0 Å². The van der Waals surface area contributed by atoms with Gasteiger partial charge in [0.15, 0.2) is 11.6 Å². The van der Waals surface area contributed by atoms with Gasteiger partial charge in [0.2, 0.25) is 0 Å². The maximum Gasteiger partial charge on any atom is 0.526 e. The van der Waals surface area contributed by atoms with Gasteiger partial charge in [-0.05, 0) is 0 Å². The van der Waals surface area contributed by atoms with Gasteiger partial charge in [0, 0.05) is 11.8 Å². The molecule has 0 aromatic heterocycles. The molecule has 0 heterocycles. The molecule has 0 amide bonds. The smallest absolute Gasteiger partial charge is 0.237 e. The van der Waals surface area contributed by atoms with Crippen LogP contribution in [0.2, 0.25) is 0 Å². The third kappa shape index (κ3) is 6.89. The summed E-state index contributed by atoms with van der Waals surface area (Å²) in [5.74, 6) is 0. The van der Waals surface area contributed by atoms with E-state index in [1.807, 2.05) is 0 Å². The number of hydrazine groups is 1. The van der Waals surface area contributed by atoms with Crippen molar-refractivity contribution in [3.8, 4) is 6.07 Å². The quantitative estimate of drug-likeness (QED) is 0.322. The topological polar surface area (TPSA) is 79.4 Å². The molecule has 0 radical (unpaired) electrons. The van der Waals surface area contributed by atoms with E-state index in [-0.39, 0.29) is 6.07 Å². The molecule has 0 bridgehead atoms. The highest BCUT2D eigenvalue weighted by Crippen LogP contribution is 2.46. The van der Waals surface area contributed by atoms with E-state index < -0.39 is 51.5 Å². The van der Waals surface area contributed by atoms with Gasteiger partial charge in [0.25, 0.3) is 0 Å². The monoisotopic (exact) mass is 367 g/mol. The Kier molecular flexibility index (Phi) is 5.78. The molecule has 0 spiro atoms. The standard InChI is InChI=1S/C6H2F9N3O3S/c7-3(8,9)2-17(18(19)20)4(1-16,21-5(10,11)12)22-6(13,14)15/h2H2. The second-order valence-corrected chi connectivity index (χ2v) is 4.42. The maximum absolute atomic E-state index is 12.2. The second-order valence-electron chi connectivity index (χ2n) is 3.20. The highest BCUT2D eigenvalue weighted by atomic mass is 32.2. The highest BCUT2D eigenvalue weighted by Gasteiger charge is 2.62. The van der Waals surface area contributed by atoms with E-state index in [4.69, 9.17) is 5.26 Å². The Balaban J connectivity index is 5.97. The summed E-state index contributed by atoms with van der Waals surface area (Å²) in [4.78, 5) is 10.4. The number of nitriles is 1. The summed E-state index contributed by atoms with van der Waals surface area (Å²) >= 11 is -2.07. The van der Waals surface area contributed by atoms with Crippen LogP contribution in [0, 0.1) is 21.4 Å². The molecular formula is C6H2F9N3O3S. The van der Waals surface area contributed by atoms with Crippen LogP contribution < -0.4 is 0 Å². The second kappa shape index (κ2) is 6.24. The first kappa shape index (κ1) is 20.4. The normalized spacial score (nSPS) is 15.8. The number of hydrogen-bond acceptors (Lipinski definition) is 5. The van der Waals surface area contributed by atoms with Crippen molar-refractivity contribution in [1.29, 1.82) is 5.26 Å². The van der Waals surface area contributed by atoms with Gasteiger partial charge in [-0.25, -0.2) is 14.9 Å². The molecule has 22 heavy (non-hydrogen) atoms. The van der Waals surface area contributed by atoms with Crippen LogP contribution in [0.3, 0.4) is 0 Å². The van der Waals surface area contributed by atoms with Crippen LogP contribution in [0.1, 0.15) is 0 Å². The molecule has 0 aliphatic heterocycles. The molecule has 1 unspecified atom stereocenters. The van der Waals surface area contributed by atoms with Gasteiger partial charge in [0.1, 0.15) is 6.07 Å². The number of alkyl halides is 9. The molecule has 0 saturated heterocycles. The van der Waals surface area contributed by atoms with Crippen LogP contribution >= 0.6 is 11.8 Å². The zero-order valence-electron chi connectivity index (χ0n) is 9.58. The summed E-state index contributed by atoms with van der Waals surface area (Å²) in [6.07, 6.45) is -11.6. The van der Waals surface area contributed by atoms with E-state index in [1.165, 1.54) is 0 Å². The van der Waals surface area contributed by atoms with Gasteiger partial charge in [-0.15, -0.1) is 13.2 Å². The summed E-state index contributed by atoms with van der Waals surface area (Å²) in [7, 11) is 0. The molecule has 0 rings (SSSR count). The average molecular weight is 367 g/mol. The van der Waals surface area contributed by atoms with Gasteiger partial charge >= 0.3 is 23.1 Å². The Morgan fingerprint density at radius 2 is 1.59 bits per heavy atom. The van der Waals surface area contributed by atoms with Crippen LogP contribution in [-0.4, -0.2) is 39.7 Å². The van der Waals surface area contributed by atoms with Crippen molar-refractivity contribution in [1.82, 2.24) is 5.01 Å². The van der Waals surface area contributed by atoms with Crippen molar-refractivity contribution in [2.24, 2.45) is 0 Å². The predicted molar refractivity (Wildman–Crippen MR) is 48.9 cm³/mol. The van der Waals surface area contributed by atoms with Gasteiger partial charge in [0.05, 0.1) is 0 Å². The molecule has 6 nitrogen and oxygen atoms in total. The summed E-state index contributed by atoms with van der Waals surface area (Å²) in [6.45, 7) is -2.90. The van der Waals surface area contributed by atoms with Crippen LogP contribution in [0.4, 0.5) is 39.5 Å². The van der Waals surface area contributed by atoms with Crippen molar-refractivity contribution >= 4 is 11.8 Å². The van der Waals surface area contributed by atoms with Gasteiger partial charge < -0.3 is 0 Å². The molecule has 0 aromatic carbocycles. The maximum atomic E-state index is 12.2. The molecule has 0 aliphatic rings. The zero-order chi connectivity index (χ0) is 18.0. The fourth-order valence-electron chi connectivity index (χ4n) is 0.982. The number of rotatable bonds is 5. The molecule has 0 saturated carbocycles. The highest BCUT2D eigenvalue weighted by molar-refractivity contribution is 8.01. The molecular weight excluding hydrogens is 365 g/mol. The number of ether oxygens (including phenoxy) is 1. The minimum atomic E-state index is -6.06. The average Bonchev–Trinajstić information content (AvgIpc) is 2.19. The van der Waals surface area contributed by atoms with Crippen molar-refractivity contribution in [2.75, 3.05) is 6.54 Å². The van der Waals surface area contributed by atoms with Crippen molar-refractivity contribution in [2.45, 2.75) is 23.1 Å². The first-order chi connectivity index (χ1) is 9.51. The number of nitrogens with zero attached hydrogens (tertiary/aromatic N) is 3. The van der Waals surface area contributed by atoms with E-state index in [1.54, 1.807) is 0 Å². The first-order valence-electron chi connectivity index (χ1n) is 4.45. The first-order valence-corrected chi connectivity index (χ1v) is 5.27.